The first kappa shape index (κ1) is 19.4. The highest BCUT2D eigenvalue weighted by molar-refractivity contribution is 14.0. The molecule has 0 atom stereocenters. The highest BCUT2D eigenvalue weighted by atomic mass is 127. The second-order valence-corrected chi connectivity index (χ2v) is 7.77. The molecule has 130 valence electrons. The van der Waals surface area contributed by atoms with Gasteiger partial charge in [0.25, 0.3) is 0 Å². The van der Waals surface area contributed by atoms with Crippen LogP contribution in [-0.4, -0.2) is 53.6 Å². The maximum absolute atomic E-state index is 6.12. The quantitative estimate of drug-likeness (QED) is 0.379. The van der Waals surface area contributed by atoms with Crippen LogP contribution in [0.1, 0.15) is 4.88 Å². The van der Waals surface area contributed by atoms with E-state index in [1.165, 1.54) is 4.88 Å². The smallest absolute Gasteiger partial charge is 0.225 e. The van der Waals surface area contributed by atoms with Gasteiger partial charge in [-0.25, -0.2) is 9.97 Å². The summed E-state index contributed by atoms with van der Waals surface area (Å²) in [5.74, 6) is 1.42. The number of thiophene rings is 1. The van der Waals surface area contributed by atoms with Crippen molar-refractivity contribution < 1.29 is 0 Å². The Morgan fingerprint density at radius 3 is 2.54 bits per heavy atom. The predicted molar refractivity (Wildman–Crippen MR) is 113 cm³/mol. The summed E-state index contributed by atoms with van der Waals surface area (Å²) in [5.41, 5.74) is 6.12. The maximum Gasteiger partial charge on any atom is 0.225 e. The normalized spacial score (nSPS) is 15.3. The first-order valence-electron chi connectivity index (χ1n) is 7.53. The molecule has 3 heterocycles. The van der Waals surface area contributed by atoms with E-state index in [0.29, 0.717) is 5.96 Å². The van der Waals surface area contributed by atoms with Crippen LogP contribution in [0.25, 0.3) is 0 Å². The van der Waals surface area contributed by atoms with Gasteiger partial charge in [0, 0.05) is 56.4 Å². The van der Waals surface area contributed by atoms with Gasteiger partial charge in [0.15, 0.2) is 5.96 Å². The molecule has 1 aliphatic heterocycles. The number of aliphatic imine (C=N–C) groups is 1. The van der Waals surface area contributed by atoms with Gasteiger partial charge in [-0.3, -0.25) is 4.99 Å². The topological polar surface area (TPSA) is 70.6 Å². The summed E-state index contributed by atoms with van der Waals surface area (Å²) in [4.78, 5) is 18.7. The molecule has 0 radical (unpaired) electrons. The van der Waals surface area contributed by atoms with Crippen LogP contribution in [0.2, 0.25) is 0 Å². The lowest BCUT2D eigenvalue weighted by molar-refractivity contribution is 0.378. The Balaban J connectivity index is 0.00000208. The molecule has 6 nitrogen and oxygen atoms in total. The molecule has 0 aliphatic carbocycles. The lowest BCUT2D eigenvalue weighted by Gasteiger charge is -2.35. The molecule has 2 aromatic heterocycles. The van der Waals surface area contributed by atoms with E-state index >= 15 is 0 Å². The van der Waals surface area contributed by atoms with Gasteiger partial charge in [-0.15, -0.1) is 35.3 Å². The first-order valence-corrected chi connectivity index (χ1v) is 9.14. The number of anilines is 1. The molecule has 1 aliphatic rings. The average molecular weight is 523 g/mol. The maximum atomic E-state index is 6.12. The Bertz CT molecular complexity index is 657. The highest BCUT2D eigenvalue weighted by Crippen LogP contribution is 2.22. The van der Waals surface area contributed by atoms with E-state index in [4.69, 9.17) is 5.73 Å². The van der Waals surface area contributed by atoms with Crippen LogP contribution in [0, 0.1) is 0 Å². The minimum absolute atomic E-state index is 0. The van der Waals surface area contributed by atoms with Gasteiger partial charge in [0.1, 0.15) is 0 Å². The Morgan fingerprint density at radius 2 is 1.92 bits per heavy atom. The van der Waals surface area contributed by atoms with Crippen molar-refractivity contribution in [3.05, 3.63) is 39.3 Å². The number of nitrogens with zero attached hydrogens (tertiary/aromatic N) is 5. The van der Waals surface area contributed by atoms with Gasteiger partial charge < -0.3 is 15.5 Å². The van der Waals surface area contributed by atoms with Gasteiger partial charge in [-0.05, 0) is 34.1 Å². The fourth-order valence-electron chi connectivity index (χ4n) is 2.46. The Kier molecular flexibility index (Phi) is 7.69. The molecule has 0 spiro atoms. The third-order valence-electron chi connectivity index (χ3n) is 3.70. The number of nitrogens with two attached hydrogens (primary N) is 1. The third kappa shape index (κ3) is 5.28. The van der Waals surface area contributed by atoms with Crippen molar-refractivity contribution in [1.29, 1.82) is 0 Å². The summed E-state index contributed by atoms with van der Waals surface area (Å²) in [6, 6.07) is 6.02. The van der Waals surface area contributed by atoms with Gasteiger partial charge in [-0.2, -0.15) is 0 Å². The number of halogens is 2. The Labute approximate surface area is 171 Å². The number of rotatable bonds is 4. The van der Waals surface area contributed by atoms with Crippen molar-refractivity contribution >= 4 is 63.2 Å². The summed E-state index contributed by atoms with van der Waals surface area (Å²) in [5, 5.41) is 0. The standard InChI is InChI=1S/C15H19BrN6S.HI/c16-13-3-2-12(23-13)4-7-18-14(17)21-8-10-22(11-9-21)15-19-5-1-6-20-15;/h1-3,5-6H,4,7-11H2,(H2,17,18);1H. The molecule has 9 heteroatoms. The molecular weight excluding hydrogens is 503 g/mol. The molecule has 0 saturated carbocycles. The summed E-state index contributed by atoms with van der Waals surface area (Å²) >= 11 is 5.22. The zero-order valence-electron chi connectivity index (χ0n) is 13.1. The Hall–Kier alpha value is -0.940. The van der Waals surface area contributed by atoms with Crippen LogP contribution in [-0.2, 0) is 6.42 Å². The van der Waals surface area contributed by atoms with Crippen molar-refractivity contribution in [3.63, 3.8) is 0 Å². The van der Waals surface area contributed by atoms with Crippen molar-refractivity contribution in [2.75, 3.05) is 37.6 Å². The largest absolute Gasteiger partial charge is 0.370 e. The van der Waals surface area contributed by atoms with Crippen molar-refractivity contribution in [2.45, 2.75) is 6.42 Å². The monoisotopic (exact) mass is 522 g/mol. The van der Waals surface area contributed by atoms with E-state index in [-0.39, 0.29) is 24.0 Å². The van der Waals surface area contributed by atoms with E-state index in [2.05, 4.69) is 52.8 Å². The molecule has 3 rings (SSSR count). The van der Waals surface area contributed by atoms with Gasteiger partial charge >= 0.3 is 0 Å². The van der Waals surface area contributed by atoms with Gasteiger partial charge in [-0.1, -0.05) is 0 Å². The molecule has 1 saturated heterocycles. The molecule has 24 heavy (non-hydrogen) atoms. The number of hydrogen-bond donors (Lipinski definition) is 1. The van der Waals surface area contributed by atoms with Crippen LogP contribution in [0.4, 0.5) is 5.95 Å². The van der Waals surface area contributed by atoms with E-state index in [0.717, 1.165) is 48.9 Å². The highest BCUT2D eigenvalue weighted by Gasteiger charge is 2.19. The summed E-state index contributed by atoms with van der Waals surface area (Å²) in [7, 11) is 0. The lowest BCUT2D eigenvalue weighted by Crippen LogP contribution is -2.51. The van der Waals surface area contributed by atoms with Crippen LogP contribution in [0.5, 0.6) is 0 Å². The minimum Gasteiger partial charge on any atom is -0.370 e. The lowest BCUT2D eigenvalue weighted by atomic mass is 10.3. The van der Waals surface area contributed by atoms with Crippen LogP contribution in [0.15, 0.2) is 39.4 Å². The SMILES string of the molecule is I.NC(=NCCc1ccc(Br)s1)N1CCN(c2ncccn2)CC1. The van der Waals surface area contributed by atoms with Gasteiger partial charge in [0.05, 0.1) is 3.79 Å². The van der Waals surface area contributed by atoms with E-state index < -0.39 is 0 Å². The van der Waals surface area contributed by atoms with Crippen LogP contribution in [0.3, 0.4) is 0 Å². The van der Waals surface area contributed by atoms with Crippen LogP contribution < -0.4 is 10.6 Å². The predicted octanol–water partition coefficient (Wildman–Crippen LogP) is 2.60. The molecule has 0 unspecified atom stereocenters. The van der Waals surface area contributed by atoms with E-state index in [9.17, 15) is 0 Å². The van der Waals surface area contributed by atoms with E-state index in [1.807, 2.05) is 6.07 Å². The zero-order valence-corrected chi connectivity index (χ0v) is 17.9. The summed E-state index contributed by atoms with van der Waals surface area (Å²) in [6.07, 6.45) is 4.47. The molecule has 0 bridgehead atoms. The van der Waals surface area contributed by atoms with Crippen LogP contribution >= 0.6 is 51.2 Å². The molecule has 1 fully saturated rings. The second kappa shape index (κ2) is 9.52. The van der Waals surface area contributed by atoms with Gasteiger partial charge in [0.2, 0.25) is 5.95 Å². The van der Waals surface area contributed by atoms with Crippen molar-refractivity contribution in [2.24, 2.45) is 10.7 Å². The number of aromatic nitrogens is 2. The van der Waals surface area contributed by atoms with Crippen molar-refractivity contribution in [1.82, 2.24) is 14.9 Å². The number of hydrogen-bond acceptors (Lipinski definition) is 5. The Morgan fingerprint density at radius 1 is 1.21 bits per heavy atom. The summed E-state index contributed by atoms with van der Waals surface area (Å²) < 4.78 is 1.16. The molecule has 0 aromatic carbocycles. The second-order valence-electron chi connectivity index (χ2n) is 5.22. The molecular formula is C15H20BrIN6S. The minimum atomic E-state index is 0. The average Bonchev–Trinajstić information content (AvgIpc) is 3.01. The molecule has 2 N–H and O–H groups in total. The third-order valence-corrected chi connectivity index (χ3v) is 5.38. The number of piperazine rings is 1. The fraction of sp³-hybridized carbons (Fsp3) is 0.400. The molecule has 0 amide bonds. The number of guanidine groups is 1. The zero-order chi connectivity index (χ0) is 16.1. The fourth-order valence-corrected chi connectivity index (χ4v) is 3.93. The van der Waals surface area contributed by atoms with Crippen molar-refractivity contribution in [3.8, 4) is 0 Å². The molecule has 2 aromatic rings. The summed E-state index contributed by atoms with van der Waals surface area (Å²) in [6.45, 7) is 4.13. The van der Waals surface area contributed by atoms with E-state index in [1.54, 1.807) is 23.7 Å². The first-order chi connectivity index (χ1) is 11.2.